The highest BCUT2D eigenvalue weighted by Crippen LogP contribution is 2.40. The zero-order valence-corrected chi connectivity index (χ0v) is 11.7. The van der Waals surface area contributed by atoms with Crippen LogP contribution in [0.4, 0.5) is 5.69 Å². The van der Waals surface area contributed by atoms with E-state index in [1.54, 1.807) is 21.3 Å². The van der Waals surface area contributed by atoms with Crippen molar-refractivity contribution in [2.24, 2.45) is 5.73 Å². The minimum atomic E-state index is 0.0918. The van der Waals surface area contributed by atoms with E-state index in [1.807, 2.05) is 26.1 Å². The quantitative estimate of drug-likeness (QED) is 0.833. The van der Waals surface area contributed by atoms with Crippen molar-refractivity contribution < 1.29 is 14.2 Å². The Labute approximate surface area is 108 Å². The third-order valence-electron chi connectivity index (χ3n) is 2.65. The SMILES string of the molecule is COc1cc(N(C)CC(C)N)cc(OC)c1OC. The molecule has 0 aliphatic heterocycles. The molecular weight excluding hydrogens is 232 g/mol. The van der Waals surface area contributed by atoms with E-state index in [9.17, 15) is 0 Å². The molecule has 0 aromatic heterocycles. The van der Waals surface area contributed by atoms with Gasteiger partial charge in [-0.05, 0) is 6.92 Å². The van der Waals surface area contributed by atoms with Crippen molar-refractivity contribution in [2.45, 2.75) is 13.0 Å². The maximum atomic E-state index is 5.80. The number of nitrogens with zero attached hydrogens (tertiary/aromatic N) is 1. The molecule has 0 bridgehead atoms. The Kier molecular flexibility index (Phi) is 5.09. The van der Waals surface area contributed by atoms with Gasteiger partial charge in [-0.1, -0.05) is 0 Å². The molecule has 2 N–H and O–H groups in total. The number of anilines is 1. The number of hydrogen-bond donors (Lipinski definition) is 1. The molecule has 1 aromatic carbocycles. The molecule has 0 spiro atoms. The molecule has 0 saturated carbocycles. The first-order chi connectivity index (χ1) is 8.53. The molecule has 1 aromatic rings. The van der Waals surface area contributed by atoms with Crippen molar-refractivity contribution in [2.75, 3.05) is 39.8 Å². The summed E-state index contributed by atoms with van der Waals surface area (Å²) in [5.74, 6) is 1.88. The first kappa shape index (κ1) is 14.4. The van der Waals surface area contributed by atoms with Crippen LogP contribution in [0, 0.1) is 0 Å². The average molecular weight is 254 g/mol. The summed E-state index contributed by atoms with van der Waals surface area (Å²) >= 11 is 0. The van der Waals surface area contributed by atoms with Gasteiger partial charge in [0.25, 0.3) is 0 Å². The molecule has 18 heavy (non-hydrogen) atoms. The van der Waals surface area contributed by atoms with E-state index in [-0.39, 0.29) is 6.04 Å². The topological polar surface area (TPSA) is 57.0 Å². The second kappa shape index (κ2) is 6.35. The van der Waals surface area contributed by atoms with Crippen molar-refractivity contribution in [3.63, 3.8) is 0 Å². The number of nitrogens with two attached hydrogens (primary N) is 1. The lowest BCUT2D eigenvalue weighted by molar-refractivity contribution is 0.324. The van der Waals surface area contributed by atoms with Gasteiger partial charge in [-0.2, -0.15) is 0 Å². The van der Waals surface area contributed by atoms with Crippen LogP contribution in [0.2, 0.25) is 0 Å². The Morgan fingerprint density at radius 2 is 1.61 bits per heavy atom. The number of likely N-dealkylation sites (N-methyl/N-ethyl adjacent to an activating group) is 1. The van der Waals surface area contributed by atoms with E-state index in [2.05, 4.69) is 4.90 Å². The zero-order valence-electron chi connectivity index (χ0n) is 11.7. The number of benzene rings is 1. The molecule has 5 nitrogen and oxygen atoms in total. The monoisotopic (exact) mass is 254 g/mol. The maximum absolute atomic E-state index is 5.80. The Morgan fingerprint density at radius 3 is 1.94 bits per heavy atom. The lowest BCUT2D eigenvalue weighted by atomic mass is 10.2. The van der Waals surface area contributed by atoms with Crippen molar-refractivity contribution in [3.8, 4) is 17.2 Å². The van der Waals surface area contributed by atoms with Gasteiger partial charge >= 0.3 is 0 Å². The lowest BCUT2D eigenvalue weighted by Crippen LogP contribution is -2.32. The normalized spacial score (nSPS) is 11.9. The van der Waals surface area contributed by atoms with Crippen molar-refractivity contribution in [3.05, 3.63) is 12.1 Å². The largest absolute Gasteiger partial charge is 0.493 e. The molecule has 0 aliphatic rings. The predicted molar refractivity (Wildman–Crippen MR) is 73.0 cm³/mol. The summed E-state index contributed by atoms with van der Waals surface area (Å²) in [6.45, 7) is 2.72. The smallest absolute Gasteiger partial charge is 0.203 e. The van der Waals surface area contributed by atoms with Crippen LogP contribution < -0.4 is 24.8 Å². The fraction of sp³-hybridized carbons (Fsp3) is 0.538. The Morgan fingerprint density at radius 1 is 1.11 bits per heavy atom. The van der Waals surface area contributed by atoms with E-state index in [0.29, 0.717) is 17.2 Å². The molecule has 1 atom stereocenters. The van der Waals surface area contributed by atoms with Crippen LogP contribution in [0.5, 0.6) is 17.2 Å². The summed E-state index contributed by atoms with van der Waals surface area (Å²) in [5.41, 5.74) is 6.77. The van der Waals surface area contributed by atoms with Crippen LogP contribution in [0.25, 0.3) is 0 Å². The van der Waals surface area contributed by atoms with Gasteiger partial charge in [-0.15, -0.1) is 0 Å². The van der Waals surface area contributed by atoms with Crippen LogP contribution in [-0.2, 0) is 0 Å². The minimum absolute atomic E-state index is 0.0918. The van der Waals surface area contributed by atoms with Gasteiger partial charge in [0.05, 0.1) is 21.3 Å². The summed E-state index contributed by atoms with van der Waals surface area (Å²) in [5, 5.41) is 0. The summed E-state index contributed by atoms with van der Waals surface area (Å²) in [6.07, 6.45) is 0. The van der Waals surface area contributed by atoms with Gasteiger partial charge in [0.15, 0.2) is 11.5 Å². The van der Waals surface area contributed by atoms with E-state index >= 15 is 0 Å². The van der Waals surface area contributed by atoms with Crippen LogP contribution in [0.1, 0.15) is 6.92 Å². The first-order valence-corrected chi connectivity index (χ1v) is 5.80. The molecule has 0 heterocycles. The Bertz CT molecular complexity index is 369. The number of methoxy groups -OCH3 is 3. The van der Waals surface area contributed by atoms with Gasteiger partial charge in [0, 0.05) is 37.5 Å². The minimum Gasteiger partial charge on any atom is -0.493 e. The standard InChI is InChI=1S/C13H22N2O3/c1-9(14)8-15(2)10-6-11(16-3)13(18-5)12(7-10)17-4/h6-7,9H,8,14H2,1-5H3. The number of ether oxygens (including phenoxy) is 3. The highest BCUT2D eigenvalue weighted by atomic mass is 16.5. The second-order valence-electron chi connectivity index (χ2n) is 4.24. The molecule has 0 amide bonds. The maximum Gasteiger partial charge on any atom is 0.203 e. The average Bonchev–Trinajstić information content (AvgIpc) is 2.35. The van der Waals surface area contributed by atoms with Crippen LogP contribution >= 0.6 is 0 Å². The first-order valence-electron chi connectivity index (χ1n) is 5.80. The second-order valence-corrected chi connectivity index (χ2v) is 4.24. The van der Waals surface area contributed by atoms with Crippen molar-refractivity contribution >= 4 is 5.69 Å². The van der Waals surface area contributed by atoms with Gasteiger partial charge < -0.3 is 24.8 Å². The fourth-order valence-corrected chi connectivity index (χ4v) is 1.83. The molecule has 0 radical (unpaired) electrons. The summed E-state index contributed by atoms with van der Waals surface area (Å²) in [6, 6.07) is 3.90. The molecule has 0 aliphatic carbocycles. The molecule has 0 fully saturated rings. The number of hydrogen-bond acceptors (Lipinski definition) is 5. The van der Waals surface area contributed by atoms with Crippen molar-refractivity contribution in [1.82, 2.24) is 0 Å². The van der Waals surface area contributed by atoms with Gasteiger partial charge in [0.1, 0.15) is 0 Å². The summed E-state index contributed by atoms with van der Waals surface area (Å²) in [7, 11) is 6.77. The van der Waals surface area contributed by atoms with Crippen LogP contribution in [0.15, 0.2) is 12.1 Å². The fourth-order valence-electron chi connectivity index (χ4n) is 1.83. The summed E-state index contributed by atoms with van der Waals surface area (Å²) < 4.78 is 15.9. The third-order valence-corrected chi connectivity index (χ3v) is 2.65. The molecule has 1 unspecified atom stereocenters. The Balaban J connectivity index is 3.14. The van der Waals surface area contributed by atoms with Gasteiger partial charge in [0.2, 0.25) is 5.75 Å². The molecule has 102 valence electrons. The Hall–Kier alpha value is -1.62. The lowest BCUT2D eigenvalue weighted by Gasteiger charge is -2.23. The van der Waals surface area contributed by atoms with E-state index in [0.717, 1.165) is 12.2 Å². The van der Waals surface area contributed by atoms with Crippen molar-refractivity contribution in [1.29, 1.82) is 0 Å². The molecule has 5 heteroatoms. The van der Waals surface area contributed by atoms with Gasteiger partial charge in [-0.3, -0.25) is 0 Å². The van der Waals surface area contributed by atoms with Gasteiger partial charge in [-0.25, -0.2) is 0 Å². The van der Waals surface area contributed by atoms with Crippen LogP contribution in [-0.4, -0.2) is 41.0 Å². The number of rotatable bonds is 6. The predicted octanol–water partition coefficient (Wildman–Crippen LogP) is 1.50. The van der Waals surface area contributed by atoms with E-state index < -0.39 is 0 Å². The highest BCUT2D eigenvalue weighted by molar-refractivity contribution is 5.63. The van der Waals surface area contributed by atoms with Crippen LogP contribution in [0.3, 0.4) is 0 Å². The molecule has 0 saturated heterocycles. The highest BCUT2D eigenvalue weighted by Gasteiger charge is 2.15. The molecular formula is C13H22N2O3. The third kappa shape index (κ3) is 3.20. The molecule has 1 rings (SSSR count). The van der Waals surface area contributed by atoms with E-state index in [1.165, 1.54) is 0 Å². The van der Waals surface area contributed by atoms with E-state index in [4.69, 9.17) is 19.9 Å². The summed E-state index contributed by atoms with van der Waals surface area (Å²) in [4.78, 5) is 2.05. The zero-order chi connectivity index (χ0) is 13.7.